The molecule has 0 radical (unpaired) electrons. The molecule has 0 aliphatic heterocycles. The number of carbonyl (C=O) groups is 1. The van der Waals surface area contributed by atoms with Gasteiger partial charge in [-0.2, -0.15) is 0 Å². The molecule has 0 saturated heterocycles. The van der Waals surface area contributed by atoms with E-state index in [1.165, 1.54) is 23.9 Å². The fraction of sp³-hybridized carbons (Fsp3) is 0.231. The number of hydrogen-bond acceptors (Lipinski definition) is 6. The number of nitrogens with zero attached hydrogens (tertiary/aromatic N) is 5. The summed E-state index contributed by atoms with van der Waals surface area (Å²) in [5.74, 6) is 1.26. The van der Waals surface area contributed by atoms with Gasteiger partial charge in [0, 0.05) is 37.1 Å². The van der Waals surface area contributed by atoms with Crippen LogP contribution in [-0.2, 0) is 11.3 Å². The van der Waals surface area contributed by atoms with Crippen molar-refractivity contribution in [3.05, 3.63) is 84.3 Å². The molecule has 2 heterocycles. The van der Waals surface area contributed by atoms with Gasteiger partial charge < -0.3 is 10.2 Å². The summed E-state index contributed by atoms with van der Waals surface area (Å²) < 4.78 is 15.3. The van der Waals surface area contributed by atoms with E-state index < -0.39 is 0 Å². The van der Waals surface area contributed by atoms with Crippen molar-refractivity contribution in [3.8, 4) is 17.1 Å². The van der Waals surface area contributed by atoms with E-state index in [1.807, 2.05) is 47.0 Å². The van der Waals surface area contributed by atoms with E-state index in [-0.39, 0.29) is 17.5 Å². The van der Waals surface area contributed by atoms with Gasteiger partial charge in [-0.1, -0.05) is 36.0 Å². The molecule has 0 aliphatic carbocycles. The second kappa shape index (κ2) is 11.6. The number of nitrogens with one attached hydrogen (secondary N) is 1. The summed E-state index contributed by atoms with van der Waals surface area (Å²) >= 11 is 1.30. The van der Waals surface area contributed by atoms with E-state index in [0.717, 1.165) is 35.7 Å². The molecule has 180 valence electrons. The maximum atomic E-state index is 13.4. The monoisotopic (exact) mass is 490 g/mol. The zero-order valence-corrected chi connectivity index (χ0v) is 20.5. The Labute approximate surface area is 208 Å². The van der Waals surface area contributed by atoms with Crippen LogP contribution < -0.4 is 10.2 Å². The molecular weight excluding hydrogens is 463 g/mol. The summed E-state index contributed by atoms with van der Waals surface area (Å²) in [6.45, 7) is 6.38. The Morgan fingerprint density at radius 3 is 2.40 bits per heavy atom. The van der Waals surface area contributed by atoms with E-state index in [9.17, 15) is 9.18 Å². The first kappa shape index (κ1) is 24.4. The van der Waals surface area contributed by atoms with Crippen LogP contribution in [0.2, 0.25) is 0 Å². The first-order valence-corrected chi connectivity index (χ1v) is 12.4. The Morgan fingerprint density at radius 1 is 1.00 bits per heavy atom. The van der Waals surface area contributed by atoms with E-state index in [4.69, 9.17) is 0 Å². The molecule has 0 saturated carbocycles. The topological polar surface area (TPSA) is 75.9 Å². The molecule has 1 N–H and O–H groups in total. The predicted molar refractivity (Wildman–Crippen MR) is 137 cm³/mol. The van der Waals surface area contributed by atoms with Crippen molar-refractivity contribution in [1.82, 2.24) is 25.1 Å². The van der Waals surface area contributed by atoms with Crippen LogP contribution >= 0.6 is 11.8 Å². The minimum atomic E-state index is -0.316. The van der Waals surface area contributed by atoms with Crippen molar-refractivity contribution >= 4 is 23.5 Å². The maximum Gasteiger partial charge on any atom is 0.230 e. The second-order valence-corrected chi connectivity index (χ2v) is 8.69. The van der Waals surface area contributed by atoms with Crippen LogP contribution in [0.4, 0.5) is 10.2 Å². The lowest BCUT2D eigenvalue weighted by Gasteiger charge is -2.19. The first-order valence-electron chi connectivity index (χ1n) is 11.4. The Hall–Kier alpha value is -3.72. The molecule has 4 rings (SSSR count). The molecule has 0 unspecified atom stereocenters. The number of carbonyl (C=O) groups excluding carboxylic acids is 1. The second-order valence-electron chi connectivity index (χ2n) is 7.75. The van der Waals surface area contributed by atoms with Crippen molar-refractivity contribution in [2.45, 2.75) is 25.5 Å². The van der Waals surface area contributed by atoms with Gasteiger partial charge >= 0.3 is 0 Å². The number of pyridine rings is 1. The molecule has 2 aromatic heterocycles. The highest BCUT2D eigenvalue weighted by Crippen LogP contribution is 2.28. The third kappa shape index (κ3) is 6.05. The van der Waals surface area contributed by atoms with Crippen molar-refractivity contribution in [1.29, 1.82) is 0 Å². The number of rotatable bonds is 10. The van der Waals surface area contributed by atoms with Crippen LogP contribution in [0.15, 0.2) is 78.1 Å². The quantitative estimate of drug-likeness (QED) is 0.324. The average Bonchev–Trinajstić information content (AvgIpc) is 3.32. The number of aromatic nitrogens is 4. The van der Waals surface area contributed by atoms with Gasteiger partial charge in [0.05, 0.1) is 5.75 Å². The van der Waals surface area contributed by atoms with Gasteiger partial charge in [-0.25, -0.2) is 9.37 Å². The summed E-state index contributed by atoms with van der Waals surface area (Å²) in [6.07, 6.45) is 1.79. The predicted octanol–water partition coefficient (Wildman–Crippen LogP) is 4.72. The van der Waals surface area contributed by atoms with Crippen molar-refractivity contribution < 1.29 is 9.18 Å². The first-order chi connectivity index (χ1) is 17.1. The number of amides is 1. The number of hydrogen-bond donors (Lipinski definition) is 1. The fourth-order valence-corrected chi connectivity index (χ4v) is 4.38. The van der Waals surface area contributed by atoms with Gasteiger partial charge in [0.15, 0.2) is 11.0 Å². The van der Waals surface area contributed by atoms with E-state index in [1.54, 1.807) is 18.3 Å². The van der Waals surface area contributed by atoms with Gasteiger partial charge in [-0.15, -0.1) is 10.2 Å². The smallest absolute Gasteiger partial charge is 0.230 e. The summed E-state index contributed by atoms with van der Waals surface area (Å²) in [4.78, 5) is 19.2. The van der Waals surface area contributed by atoms with E-state index in [2.05, 4.69) is 39.2 Å². The van der Waals surface area contributed by atoms with Crippen molar-refractivity contribution in [3.63, 3.8) is 0 Å². The molecule has 0 fully saturated rings. The number of anilines is 1. The van der Waals surface area contributed by atoms with Crippen LogP contribution in [0, 0.1) is 5.82 Å². The molecule has 4 aromatic rings. The molecule has 35 heavy (non-hydrogen) atoms. The van der Waals surface area contributed by atoms with Gasteiger partial charge in [0.1, 0.15) is 11.6 Å². The lowest BCUT2D eigenvalue weighted by Crippen LogP contribution is -2.25. The molecule has 0 atom stereocenters. The average molecular weight is 491 g/mol. The van der Waals surface area contributed by atoms with Crippen LogP contribution in [0.25, 0.3) is 17.1 Å². The normalized spacial score (nSPS) is 10.8. The van der Waals surface area contributed by atoms with Gasteiger partial charge in [0.25, 0.3) is 0 Å². The molecule has 2 aromatic carbocycles. The molecular formula is C26H27FN6OS. The molecule has 9 heteroatoms. The number of halogens is 1. The van der Waals surface area contributed by atoms with Gasteiger partial charge in [-0.3, -0.25) is 9.36 Å². The van der Waals surface area contributed by atoms with Crippen LogP contribution in [0.3, 0.4) is 0 Å². The molecule has 7 nitrogen and oxygen atoms in total. The summed E-state index contributed by atoms with van der Waals surface area (Å²) in [5, 5.41) is 12.2. The zero-order valence-electron chi connectivity index (χ0n) is 19.7. The molecule has 0 bridgehead atoms. The lowest BCUT2D eigenvalue weighted by atomic mass is 10.2. The Kier molecular flexibility index (Phi) is 8.10. The fourth-order valence-electron chi connectivity index (χ4n) is 3.60. The third-order valence-corrected chi connectivity index (χ3v) is 6.40. The van der Waals surface area contributed by atoms with Crippen LogP contribution in [0.1, 0.15) is 19.4 Å². The van der Waals surface area contributed by atoms with Crippen molar-refractivity contribution in [2.75, 3.05) is 23.7 Å². The maximum absolute atomic E-state index is 13.4. The number of para-hydroxylation sites is 1. The summed E-state index contributed by atoms with van der Waals surface area (Å²) in [6, 6.07) is 19.7. The highest BCUT2D eigenvalue weighted by molar-refractivity contribution is 7.99. The highest BCUT2D eigenvalue weighted by Gasteiger charge is 2.17. The third-order valence-electron chi connectivity index (χ3n) is 5.47. The highest BCUT2D eigenvalue weighted by atomic mass is 32.2. The Balaban J connectivity index is 1.43. The minimum Gasteiger partial charge on any atom is -0.357 e. The van der Waals surface area contributed by atoms with E-state index >= 15 is 0 Å². The summed E-state index contributed by atoms with van der Waals surface area (Å²) in [5.41, 5.74) is 2.53. The molecule has 0 spiro atoms. The minimum absolute atomic E-state index is 0.117. The molecule has 0 aliphatic rings. The zero-order chi connectivity index (χ0) is 24.6. The number of thioether (sulfide) groups is 1. The Morgan fingerprint density at radius 2 is 1.74 bits per heavy atom. The molecule has 1 amide bonds. The lowest BCUT2D eigenvalue weighted by molar-refractivity contribution is -0.118. The van der Waals surface area contributed by atoms with E-state index in [0.29, 0.717) is 17.5 Å². The largest absolute Gasteiger partial charge is 0.357 e. The number of benzene rings is 2. The summed E-state index contributed by atoms with van der Waals surface area (Å²) in [7, 11) is 0. The van der Waals surface area contributed by atoms with Gasteiger partial charge in [-0.05, 0) is 61.9 Å². The standard InChI is InChI=1S/C26H27FN6OS/c1-3-32(4-2)23-15-10-19(16-28-23)17-29-24(34)18-35-26-31-30-25(20-11-13-21(27)14-12-20)33(26)22-8-6-5-7-9-22/h5-16H,3-4,17-18H2,1-2H3,(H,29,34). The van der Waals surface area contributed by atoms with Crippen LogP contribution in [0.5, 0.6) is 0 Å². The van der Waals surface area contributed by atoms with Crippen molar-refractivity contribution in [2.24, 2.45) is 0 Å². The van der Waals surface area contributed by atoms with Crippen LogP contribution in [-0.4, -0.2) is 44.5 Å². The Bertz CT molecular complexity index is 1240. The SMILES string of the molecule is CCN(CC)c1ccc(CNC(=O)CSc2nnc(-c3ccc(F)cc3)n2-c2ccccc2)cn1. The van der Waals surface area contributed by atoms with Gasteiger partial charge in [0.2, 0.25) is 5.91 Å².